The predicted molar refractivity (Wildman–Crippen MR) is 78.5 cm³/mol. The Balaban J connectivity index is 2.15. The lowest BCUT2D eigenvalue weighted by Gasteiger charge is -2.11. The number of aromatic nitrogens is 3. The van der Waals surface area contributed by atoms with Crippen LogP contribution in [0.3, 0.4) is 0 Å². The second kappa shape index (κ2) is 5.92. The third kappa shape index (κ3) is 3.27. The molecule has 4 nitrogen and oxygen atoms in total. The molecule has 0 bridgehead atoms. The highest BCUT2D eigenvalue weighted by Gasteiger charge is 2.13. The monoisotopic (exact) mass is 344 g/mol. The number of rotatable bonds is 4. The molecule has 0 aliphatic heterocycles. The van der Waals surface area contributed by atoms with Gasteiger partial charge in [-0.05, 0) is 31.5 Å². The molecule has 19 heavy (non-hydrogen) atoms. The van der Waals surface area contributed by atoms with Crippen molar-refractivity contribution in [3.05, 3.63) is 34.1 Å². The van der Waals surface area contributed by atoms with Crippen LogP contribution in [0, 0.1) is 5.82 Å². The Morgan fingerprint density at radius 3 is 2.79 bits per heavy atom. The lowest BCUT2D eigenvalue weighted by molar-refractivity contribution is 0.557. The molecule has 7 heteroatoms. The largest absolute Gasteiger partial charge is 0.368 e. The first-order valence-electron chi connectivity index (χ1n) is 5.76. The van der Waals surface area contributed by atoms with Crippen LogP contribution in [0.25, 0.3) is 0 Å². The maximum atomic E-state index is 13.0. The van der Waals surface area contributed by atoms with E-state index in [2.05, 4.69) is 26.1 Å². The molecule has 0 unspecified atom stereocenters. The van der Waals surface area contributed by atoms with Crippen LogP contribution in [0.4, 0.5) is 10.3 Å². The second-order valence-electron chi connectivity index (χ2n) is 4.33. The number of nitrogens with zero attached hydrogens (tertiary/aromatic N) is 3. The van der Waals surface area contributed by atoms with E-state index in [0.29, 0.717) is 11.7 Å². The van der Waals surface area contributed by atoms with Crippen LogP contribution in [0.1, 0.15) is 25.5 Å². The average Bonchev–Trinajstić information content (AvgIpc) is 2.69. The van der Waals surface area contributed by atoms with Crippen molar-refractivity contribution < 1.29 is 4.39 Å². The van der Waals surface area contributed by atoms with E-state index in [1.54, 1.807) is 6.07 Å². The van der Waals surface area contributed by atoms with Gasteiger partial charge in [0.05, 0.1) is 0 Å². The van der Waals surface area contributed by atoms with Gasteiger partial charge in [-0.25, -0.2) is 4.39 Å². The second-order valence-corrected chi connectivity index (χ2v) is 6.13. The first-order valence-corrected chi connectivity index (χ1v) is 7.54. The number of thioether (sulfide) groups is 1. The van der Waals surface area contributed by atoms with E-state index in [0.717, 1.165) is 15.2 Å². The summed E-state index contributed by atoms with van der Waals surface area (Å²) in [6, 6.07) is 4.86. The Hall–Kier alpha value is -1.08. The minimum Gasteiger partial charge on any atom is -0.368 e. The van der Waals surface area contributed by atoms with Crippen LogP contribution in [0.5, 0.6) is 0 Å². The molecular weight excluding hydrogens is 331 g/mol. The van der Waals surface area contributed by atoms with Gasteiger partial charge in [-0.2, -0.15) is 0 Å². The van der Waals surface area contributed by atoms with E-state index in [-0.39, 0.29) is 11.9 Å². The van der Waals surface area contributed by atoms with Crippen molar-refractivity contribution in [2.75, 3.05) is 5.73 Å². The van der Waals surface area contributed by atoms with Crippen LogP contribution in [-0.4, -0.2) is 14.8 Å². The SMILES string of the molecule is CC(C)n1c(N)nnc1SCc1ccc(F)cc1Br. The summed E-state index contributed by atoms with van der Waals surface area (Å²) in [5, 5.41) is 8.71. The molecule has 0 aliphatic rings. The van der Waals surface area contributed by atoms with Gasteiger partial charge in [0.25, 0.3) is 0 Å². The summed E-state index contributed by atoms with van der Waals surface area (Å²) in [4.78, 5) is 0. The van der Waals surface area contributed by atoms with Crippen molar-refractivity contribution in [3.8, 4) is 0 Å². The highest BCUT2D eigenvalue weighted by atomic mass is 79.9. The molecule has 2 N–H and O–H groups in total. The summed E-state index contributed by atoms with van der Waals surface area (Å²) in [6.07, 6.45) is 0. The quantitative estimate of drug-likeness (QED) is 0.860. The fraction of sp³-hybridized carbons (Fsp3) is 0.333. The van der Waals surface area contributed by atoms with Gasteiger partial charge in [0.1, 0.15) is 5.82 Å². The molecular formula is C12H14BrFN4S. The summed E-state index contributed by atoms with van der Waals surface area (Å²) in [5.74, 6) is 0.831. The van der Waals surface area contributed by atoms with E-state index in [1.165, 1.54) is 23.9 Å². The first-order chi connectivity index (χ1) is 8.99. The van der Waals surface area contributed by atoms with Crippen molar-refractivity contribution in [1.29, 1.82) is 0 Å². The zero-order chi connectivity index (χ0) is 14.0. The molecule has 0 amide bonds. The fourth-order valence-corrected chi connectivity index (χ4v) is 3.41. The summed E-state index contributed by atoms with van der Waals surface area (Å²) < 4.78 is 15.6. The zero-order valence-electron chi connectivity index (χ0n) is 10.6. The molecule has 0 spiro atoms. The Morgan fingerprint density at radius 2 is 2.16 bits per heavy atom. The molecule has 102 valence electrons. The number of nitrogen functional groups attached to an aromatic ring is 1. The Morgan fingerprint density at radius 1 is 1.42 bits per heavy atom. The van der Waals surface area contributed by atoms with Gasteiger partial charge in [-0.15, -0.1) is 10.2 Å². The number of hydrogen-bond acceptors (Lipinski definition) is 4. The Labute approximate surface area is 123 Å². The zero-order valence-corrected chi connectivity index (χ0v) is 13.0. The van der Waals surface area contributed by atoms with Gasteiger partial charge in [0.15, 0.2) is 5.16 Å². The highest BCUT2D eigenvalue weighted by molar-refractivity contribution is 9.10. The minimum absolute atomic E-state index is 0.203. The standard InChI is InChI=1S/C12H14BrFN4S/c1-7(2)18-11(15)16-17-12(18)19-6-8-3-4-9(14)5-10(8)13/h3-5,7H,6H2,1-2H3,(H2,15,16). The molecule has 0 saturated heterocycles. The fourth-order valence-electron chi connectivity index (χ4n) is 1.65. The van der Waals surface area contributed by atoms with Gasteiger partial charge >= 0.3 is 0 Å². The maximum Gasteiger partial charge on any atom is 0.222 e. The summed E-state index contributed by atoms with van der Waals surface area (Å²) in [6.45, 7) is 4.05. The summed E-state index contributed by atoms with van der Waals surface area (Å²) in [7, 11) is 0. The molecule has 1 aromatic carbocycles. The predicted octanol–water partition coefficient (Wildman–Crippen LogP) is 3.64. The van der Waals surface area contributed by atoms with E-state index >= 15 is 0 Å². The van der Waals surface area contributed by atoms with Gasteiger partial charge in [-0.3, -0.25) is 4.57 Å². The van der Waals surface area contributed by atoms with Crippen molar-refractivity contribution in [1.82, 2.24) is 14.8 Å². The smallest absolute Gasteiger partial charge is 0.222 e. The molecule has 1 aromatic heterocycles. The third-order valence-electron chi connectivity index (χ3n) is 2.58. The summed E-state index contributed by atoms with van der Waals surface area (Å²) in [5.41, 5.74) is 6.78. The van der Waals surface area contributed by atoms with E-state index in [9.17, 15) is 4.39 Å². The molecule has 0 radical (unpaired) electrons. The van der Waals surface area contributed by atoms with Crippen molar-refractivity contribution in [3.63, 3.8) is 0 Å². The van der Waals surface area contributed by atoms with Crippen molar-refractivity contribution >= 4 is 33.6 Å². The Bertz CT molecular complexity index is 585. The van der Waals surface area contributed by atoms with E-state index in [1.807, 2.05) is 18.4 Å². The highest BCUT2D eigenvalue weighted by Crippen LogP contribution is 2.28. The van der Waals surface area contributed by atoms with E-state index in [4.69, 9.17) is 5.73 Å². The van der Waals surface area contributed by atoms with E-state index < -0.39 is 0 Å². The number of hydrogen-bond donors (Lipinski definition) is 1. The number of benzene rings is 1. The molecule has 0 atom stereocenters. The number of halogens is 2. The molecule has 0 saturated carbocycles. The van der Waals surface area contributed by atoms with Crippen LogP contribution in [0.15, 0.2) is 27.8 Å². The maximum absolute atomic E-state index is 13.0. The minimum atomic E-state index is -0.254. The molecule has 0 fully saturated rings. The Kier molecular flexibility index (Phi) is 4.46. The summed E-state index contributed by atoms with van der Waals surface area (Å²) >= 11 is 4.88. The van der Waals surface area contributed by atoms with Crippen LogP contribution in [0.2, 0.25) is 0 Å². The van der Waals surface area contributed by atoms with Crippen molar-refractivity contribution in [2.24, 2.45) is 0 Å². The van der Waals surface area contributed by atoms with Gasteiger partial charge in [-0.1, -0.05) is 33.8 Å². The van der Waals surface area contributed by atoms with Crippen LogP contribution < -0.4 is 5.73 Å². The lowest BCUT2D eigenvalue weighted by atomic mass is 10.2. The van der Waals surface area contributed by atoms with Gasteiger partial charge in [0.2, 0.25) is 5.95 Å². The molecule has 2 rings (SSSR count). The lowest BCUT2D eigenvalue weighted by Crippen LogP contribution is -2.07. The van der Waals surface area contributed by atoms with Gasteiger partial charge < -0.3 is 5.73 Å². The third-order valence-corrected chi connectivity index (χ3v) is 4.31. The van der Waals surface area contributed by atoms with Crippen molar-refractivity contribution in [2.45, 2.75) is 30.8 Å². The number of nitrogens with two attached hydrogens (primary N) is 1. The molecule has 2 aromatic rings. The average molecular weight is 345 g/mol. The van der Waals surface area contributed by atoms with Crippen LogP contribution in [-0.2, 0) is 5.75 Å². The topological polar surface area (TPSA) is 56.7 Å². The molecule has 1 heterocycles. The van der Waals surface area contributed by atoms with Crippen LogP contribution >= 0.6 is 27.7 Å². The van der Waals surface area contributed by atoms with Gasteiger partial charge in [0, 0.05) is 16.3 Å². The number of anilines is 1. The molecule has 0 aliphatic carbocycles. The first kappa shape index (κ1) is 14.3. The normalized spacial score (nSPS) is 11.2.